The molecule has 0 unspecified atom stereocenters. The third-order valence-electron chi connectivity index (χ3n) is 29.8. The molecule has 4 aliphatic rings. The summed E-state index contributed by atoms with van der Waals surface area (Å²) in [6.45, 7) is 29.9. The van der Waals surface area contributed by atoms with E-state index in [0.29, 0.717) is 260 Å². The summed E-state index contributed by atoms with van der Waals surface area (Å²) in [4.78, 5) is 110. The Kier molecular flexibility index (Phi) is 46.3. The number of benzene rings is 8. The van der Waals surface area contributed by atoms with Crippen molar-refractivity contribution in [1.29, 1.82) is 0 Å². The van der Waals surface area contributed by atoms with Crippen LogP contribution in [0.1, 0.15) is 513 Å². The van der Waals surface area contributed by atoms with Gasteiger partial charge in [-0.3, -0.25) is 38.4 Å². The fraction of sp³-hybridized carbons (Fsp3) is 0.548. The summed E-state index contributed by atoms with van der Waals surface area (Å²) in [5.74, 6) is 2.28. The van der Waals surface area contributed by atoms with E-state index in [2.05, 4.69) is 96.9 Å². The fourth-order valence-electron chi connectivity index (χ4n) is 20.9. The first-order valence-corrected chi connectivity index (χ1v) is 54.4. The van der Waals surface area contributed by atoms with Gasteiger partial charge in [0.05, 0.1) is 12.2 Å². The lowest BCUT2D eigenvalue weighted by Crippen LogP contribution is -2.31. The molecule has 8 aromatic rings. The number of unbranched alkanes of at least 4 members (excludes halogenated alkanes) is 16. The summed E-state index contributed by atoms with van der Waals surface area (Å²) < 4.78 is 0. The first-order valence-electron chi connectivity index (χ1n) is 54.4. The van der Waals surface area contributed by atoms with Crippen molar-refractivity contribution in [2.24, 2.45) is 35.5 Å². The van der Waals surface area contributed by atoms with Crippen molar-refractivity contribution in [2.45, 2.75) is 404 Å². The molecule has 6 atom stereocenters. The summed E-state index contributed by atoms with van der Waals surface area (Å²) in [6, 6.07) is 26.4. The van der Waals surface area contributed by atoms with Gasteiger partial charge in [-0.1, -0.05) is 213 Å². The van der Waals surface area contributed by atoms with Crippen LogP contribution in [-0.4, -0.2) is 110 Å². The van der Waals surface area contributed by atoms with Gasteiger partial charge in [0.25, 0.3) is 0 Å². The van der Waals surface area contributed by atoms with Gasteiger partial charge in [-0.25, -0.2) is 0 Å². The number of fused-ring (bicyclic) bond motifs is 16. The molecule has 2 saturated carbocycles. The number of hydrogen-bond acceptors (Lipinski definition) is 18. The predicted molar refractivity (Wildman–Crippen MR) is 570 cm³/mol. The van der Waals surface area contributed by atoms with Crippen molar-refractivity contribution in [2.75, 3.05) is 0 Å². The Morgan fingerprint density at radius 3 is 0.437 bits per heavy atom. The molecule has 0 amide bonds. The van der Waals surface area contributed by atoms with Crippen molar-refractivity contribution in [1.82, 2.24) is 0 Å². The molecule has 8 aromatic carbocycles. The smallest absolute Gasteiger partial charge is 0.162 e. The number of phenols is 8. The summed E-state index contributed by atoms with van der Waals surface area (Å²) in [7, 11) is 0. The zero-order valence-electron chi connectivity index (χ0n) is 88.1. The van der Waals surface area contributed by atoms with Crippen LogP contribution in [-0.2, 0) is 51.4 Å². The number of rotatable bonds is 42. The van der Waals surface area contributed by atoms with Crippen LogP contribution in [0.5, 0.6) is 46.0 Å². The molecule has 0 spiro atoms. The molecule has 10 N–H and O–H groups in total. The summed E-state index contributed by atoms with van der Waals surface area (Å²) in [6.07, 6.45) is 29.7. The van der Waals surface area contributed by atoms with E-state index in [9.17, 15) is 89.4 Å². The van der Waals surface area contributed by atoms with Crippen LogP contribution in [0.2, 0.25) is 0 Å². The van der Waals surface area contributed by atoms with E-state index in [-0.39, 0.29) is 156 Å². The molecule has 142 heavy (non-hydrogen) atoms. The van der Waals surface area contributed by atoms with Crippen molar-refractivity contribution < 1.29 is 89.4 Å². The molecule has 2 fully saturated rings. The predicted octanol–water partition coefficient (Wildman–Crippen LogP) is 29.4. The number of aliphatic hydroxyl groups is 2. The van der Waals surface area contributed by atoms with Crippen LogP contribution in [0.25, 0.3) is 0 Å². The maximum absolute atomic E-state index is 13.7. The van der Waals surface area contributed by atoms with E-state index in [1.165, 1.54) is 25.7 Å². The van der Waals surface area contributed by atoms with Crippen molar-refractivity contribution in [3.8, 4) is 46.0 Å². The Hall–Kier alpha value is -10.6. The van der Waals surface area contributed by atoms with E-state index in [1.54, 1.807) is 97.1 Å². The highest BCUT2D eigenvalue weighted by Gasteiger charge is 2.33. The molecular formula is C124H168O18. The maximum Gasteiger partial charge on any atom is 0.162 e. The standard InChI is InChI=1S/2C52H64O8.2C10H20O/c2*1-5-9-13-17-45(53)33-21-37-29-39-23-34(46(54)18-14-10-6-2)25-41(50(39)58)31-43-27-36(48(56)20-16-12-8-4)28-44(52(43)60)32-42-26-35(47(55)19-15-11-7-3)24-40(51(42)59)30-38(22-33)49(37)57;2*1-7(2)9-5-4-8(3)6-10(9)11/h2*21-28,57-60H,5-20,29-32H2,1-4H3;2*7-11H,4-6H2,1-3H3/t;;2*8-,9+,10-/m..00/s1. The monoisotopic (exact) mass is 1950 g/mol. The summed E-state index contributed by atoms with van der Waals surface area (Å²) in [5, 5.41) is 115. The number of ketones is 8. The molecule has 0 aromatic heterocycles. The molecule has 18 nitrogen and oxygen atoms in total. The SMILES string of the molecule is CC(C)[C@H]1CC[C@H](C)C[C@@H]1O.CC(C)[C@H]1CC[C@H](C)C[C@@H]1O.CCCCCC(=O)c1cc2c(O)c(c1)Cc1cc(C(=O)CCCCC)cc(c1O)Cc1cc(C(=O)CCCCC)cc(c1O)Cc1cc(C(=O)CCCCC)cc(c1O)C2.CCCCCC(=O)c1cc2c(O)c(c1)Cc1cc(C(=O)CCCCC)cc(c1O)Cc1cc(C(=O)CCCCC)cc(c1O)Cc1cc(C(=O)CCCCC)cc(c1O)C2. The summed E-state index contributed by atoms with van der Waals surface area (Å²) in [5.41, 5.74) is 9.02. The Labute approximate surface area is 847 Å². The van der Waals surface area contributed by atoms with E-state index in [4.69, 9.17) is 0 Å². The van der Waals surface area contributed by atoms with Gasteiger partial charge in [0.2, 0.25) is 0 Å². The highest BCUT2D eigenvalue weighted by Crippen LogP contribution is 2.45. The minimum Gasteiger partial charge on any atom is -0.507 e. The van der Waals surface area contributed by atoms with Gasteiger partial charge < -0.3 is 51.1 Å². The Bertz CT molecular complexity index is 4460. The second kappa shape index (κ2) is 57.2. The number of aliphatic hydroxyl groups excluding tert-OH is 2. The number of carbonyl (C=O) groups excluding carboxylic acids is 8. The third-order valence-corrected chi connectivity index (χ3v) is 29.8. The molecule has 0 radical (unpaired) electrons. The number of Topliss-reactive ketones (excluding diaryl/α,β-unsaturated/α-hetero) is 8. The molecule has 0 heterocycles. The minimum atomic E-state index is -0.109. The molecular weight excluding hydrogens is 1780 g/mol. The number of phenolic OH excluding ortho intramolecular Hbond substituents is 8. The van der Waals surface area contributed by atoms with E-state index < -0.39 is 0 Å². The fourth-order valence-corrected chi connectivity index (χ4v) is 20.9. The molecule has 0 saturated heterocycles. The van der Waals surface area contributed by atoms with E-state index >= 15 is 0 Å². The third kappa shape index (κ3) is 32.7. The Morgan fingerprint density at radius 2 is 0.338 bits per heavy atom. The van der Waals surface area contributed by atoms with Gasteiger partial charge in [0.15, 0.2) is 46.3 Å². The van der Waals surface area contributed by atoms with Crippen LogP contribution in [0.4, 0.5) is 0 Å². The average Bonchev–Trinajstić information content (AvgIpc) is 0.774. The van der Waals surface area contributed by atoms with Crippen LogP contribution in [0.15, 0.2) is 97.1 Å². The van der Waals surface area contributed by atoms with Gasteiger partial charge in [-0.05, 0) is 299 Å². The van der Waals surface area contributed by atoms with Crippen LogP contribution in [0.3, 0.4) is 0 Å². The van der Waals surface area contributed by atoms with Gasteiger partial charge in [0, 0.05) is 147 Å². The normalized spacial score (nSPS) is 16.5. The van der Waals surface area contributed by atoms with E-state index in [0.717, 1.165) is 127 Å². The van der Waals surface area contributed by atoms with Gasteiger partial charge in [0.1, 0.15) is 46.0 Å². The first kappa shape index (κ1) is 115. The molecule has 772 valence electrons. The minimum absolute atomic E-state index is 0.0236. The lowest BCUT2D eigenvalue weighted by molar-refractivity contribution is 0.0263. The lowest BCUT2D eigenvalue weighted by atomic mass is 9.75. The zero-order valence-corrected chi connectivity index (χ0v) is 88.1. The van der Waals surface area contributed by atoms with Crippen LogP contribution >= 0.6 is 0 Å². The molecule has 18 heteroatoms. The lowest BCUT2D eigenvalue weighted by Gasteiger charge is -2.33. The Morgan fingerprint density at radius 1 is 0.218 bits per heavy atom. The second-order valence-corrected chi connectivity index (χ2v) is 42.4. The first-order chi connectivity index (χ1) is 68.0. The maximum atomic E-state index is 13.7. The quantitative estimate of drug-likeness (QED) is 0.0125. The molecule has 12 rings (SSSR count). The number of hydrogen-bond donors (Lipinski definition) is 10. The highest BCUT2D eigenvalue weighted by atomic mass is 16.3. The molecule has 16 bridgehead atoms. The van der Waals surface area contributed by atoms with Gasteiger partial charge in [-0.2, -0.15) is 0 Å². The highest BCUT2D eigenvalue weighted by molar-refractivity contribution is 6.02. The Balaban J connectivity index is 0.000000259. The van der Waals surface area contributed by atoms with Crippen molar-refractivity contribution in [3.63, 3.8) is 0 Å². The van der Waals surface area contributed by atoms with Gasteiger partial charge >= 0.3 is 0 Å². The largest absolute Gasteiger partial charge is 0.507 e. The number of aromatic hydroxyl groups is 8. The second-order valence-electron chi connectivity index (χ2n) is 42.4. The molecule has 0 aliphatic heterocycles. The number of carbonyl (C=O) groups is 8. The zero-order chi connectivity index (χ0) is 104. The van der Waals surface area contributed by atoms with Gasteiger partial charge in [-0.15, -0.1) is 0 Å². The topological polar surface area (TPSA) is 339 Å². The van der Waals surface area contributed by atoms with Crippen LogP contribution < -0.4 is 0 Å². The van der Waals surface area contributed by atoms with Crippen molar-refractivity contribution in [3.05, 3.63) is 231 Å². The van der Waals surface area contributed by atoms with Crippen molar-refractivity contribution >= 4 is 46.3 Å². The molecule has 4 aliphatic carbocycles. The van der Waals surface area contributed by atoms with E-state index in [1.807, 2.05) is 0 Å². The summed E-state index contributed by atoms with van der Waals surface area (Å²) >= 11 is 0. The van der Waals surface area contributed by atoms with Crippen LogP contribution in [0, 0.1) is 35.5 Å². The average molecular weight is 1950 g/mol.